The molecule has 0 saturated heterocycles. The van der Waals surface area contributed by atoms with E-state index in [1.807, 2.05) is 36.8 Å². The molecule has 3 aliphatic rings. The summed E-state index contributed by atoms with van der Waals surface area (Å²) in [6.07, 6.45) is 13.0. The number of fused-ring (bicyclic) bond motifs is 3. The molecule has 3 unspecified atom stereocenters. The fraction of sp³-hybridized carbons (Fsp3) is 0.444. The first kappa shape index (κ1) is 20.7. The third kappa shape index (κ3) is 4.77. The molecule has 0 fully saturated rings. The summed E-state index contributed by atoms with van der Waals surface area (Å²) < 4.78 is 0. The Balaban J connectivity index is 0.000000109. The topological polar surface area (TPSA) is 38.7 Å². The largest absolute Gasteiger partial charge is 0.261 e. The summed E-state index contributed by atoms with van der Waals surface area (Å²) in [6, 6.07) is 12.6. The lowest BCUT2D eigenvalue weighted by Crippen LogP contribution is -1.90. The second-order valence-electron chi connectivity index (χ2n) is 9.09. The smallest absolute Gasteiger partial charge is 0.0463 e. The van der Waals surface area contributed by atoms with Gasteiger partial charge in [0.05, 0.1) is 0 Å². The molecular formula is C27H33N3. The van der Waals surface area contributed by atoms with Crippen LogP contribution < -0.4 is 0 Å². The Morgan fingerprint density at radius 2 is 1.33 bits per heavy atom. The molecule has 0 radical (unpaired) electrons. The Labute approximate surface area is 181 Å². The highest BCUT2D eigenvalue weighted by atomic mass is 14.7. The van der Waals surface area contributed by atoms with Crippen LogP contribution in [-0.4, -0.2) is 15.0 Å². The van der Waals surface area contributed by atoms with Crippen molar-refractivity contribution < 1.29 is 0 Å². The quantitative estimate of drug-likeness (QED) is 0.460. The van der Waals surface area contributed by atoms with Crippen molar-refractivity contribution in [1.82, 2.24) is 15.0 Å². The second-order valence-corrected chi connectivity index (χ2v) is 9.09. The summed E-state index contributed by atoms with van der Waals surface area (Å²) in [6.45, 7) is 6.80. The van der Waals surface area contributed by atoms with Crippen LogP contribution in [-0.2, 0) is 25.7 Å². The lowest BCUT2D eigenvalue weighted by molar-refractivity contribution is 0.623. The summed E-state index contributed by atoms with van der Waals surface area (Å²) in [5.41, 5.74) is 8.32. The van der Waals surface area contributed by atoms with Crippen LogP contribution in [0.25, 0.3) is 0 Å². The number of rotatable bonds is 0. The maximum atomic E-state index is 4.34. The average molecular weight is 400 g/mol. The van der Waals surface area contributed by atoms with Gasteiger partial charge in [-0.15, -0.1) is 0 Å². The minimum atomic E-state index is 0.691. The van der Waals surface area contributed by atoms with Crippen LogP contribution in [0.3, 0.4) is 0 Å². The number of hydrogen-bond acceptors (Lipinski definition) is 3. The standard InChI is InChI=1S/3C9H11N/c1-7-4-5-9-8(7)3-2-6-10-9;1-7-4-5-8-3-2-6-10-9(7)8;1-7-5-8-3-2-4-10-9(8)6-7/h2*2-3,6-7H,4-5H2,1H3;2-4,7H,5-6H2,1H3. The third-order valence-electron chi connectivity index (χ3n) is 6.60. The molecule has 0 N–H and O–H groups in total. The Kier molecular flexibility index (Phi) is 6.56. The first-order valence-electron chi connectivity index (χ1n) is 11.4. The molecule has 0 amide bonds. The Bertz CT molecular complexity index is 903. The monoisotopic (exact) mass is 399 g/mol. The van der Waals surface area contributed by atoms with E-state index in [1.54, 1.807) is 0 Å². The molecule has 0 aromatic carbocycles. The van der Waals surface area contributed by atoms with Gasteiger partial charge in [-0.05, 0) is 91.2 Å². The molecule has 3 atom stereocenters. The Morgan fingerprint density at radius 1 is 0.667 bits per heavy atom. The molecule has 0 bridgehead atoms. The molecule has 6 rings (SSSR count). The molecule has 3 heterocycles. The van der Waals surface area contributed by atoms with Crippen molar-refractivity contribution in [2.45, 2.75) is 71.1 Å². The highest BCUT2D eigenvalue weighted by Gasteiger charge is 2.19. The summed E-state index contributed by atoms with van der Waals surface area (Å²) in [7, 11) is 0. The SMILES string of the molecule is CC1CCc2cccnc21.CC1CCc2ncccc21.CC1Cc2cccnc2C1. The van der Waals surface area contributed by atoms with Gasteiger partial charge in [0, 0.05) is 35.7 Å². The van der Waals surface area contributed by atoms with Crippen molar-refractivity contribution in [3.05, 3.63) is 88.8 Å². The van der Waals surface area contributed by atoms with E-state index in [4.69, 9.17) is 0 Å². The van der Waals surface area contributed by atoms with Gasteiger partial charge in [-0.25, -0.2) is 0 Å². The van der Waals surface area contributed by atoms with Crippen molar-refractivity contribution >= 4 is 0 Å². The summed E-state index contributed by atoms with van der Waals surface area (Å²) in [5, 5.41) is 0. The Hall–Kier alpha value is -2.55. The van der Waals surface area contributed by atoms with Crippen molar-refractivity contribution in [3.63, 3.8) is 0 Å². The molecule has 3 aromatic heterocycles. The summed E-state index contributed by atoms with van der Waals surface area (Å²) >= 11 is 0. The van der Waals surface area contributed by atoms with Crippen molar-refractivity contribution in [1.29, 1.82) is 0 Å². The van der Waals surface area contributed by atoms with Gasteiger partial charge in [-0.2, -0.15) is 0 Å². The van der Waals surface area contributed by atoms with Crippen LogP contribution in [0.1, 0.15) is 79.2 Å². The lowest BCUT2D eigenvalue weighted by atomic mass is 10.1. The van der Waals surface area contributed by atoms with Gasteiger partial charge < -0.3 is 0 Å². The zero-order valence-corrected chi connectivity index (χ0v) is 18.5. The molecular weight excluding hydrogens is 366 g/mol. The number of pyridine rings is 3. The van der Waals surface area contributed by atoms with Crippen LogP contribution in [0.15, 0.2) is 55.0 Å². The molecule has 3 nitrogen and oxygen atoms in total. The minimum absolute atomic E-state index is 0.691. The third-order valence-corrected chi connectivity index (χ3v) is 6.60. The molecule has 156 valence electrons. The van der Waals surface area contributed by atoms with Crippen molar-refractivity contribution in [2.75, 3.05) is 0 Å². The van der Waals surface area contributed by atoms with Gasteiger partial charge in [0.15, 0.2) is 0 Å². The number of aryl methyl sites for hydroxylation is 2. The van der Waals surface area contributed by atoms with Crippen LogP contribution >= 0.6 is 0 Å². The predicted octanol–water partition coefficient (Wildman–Crippen LogP) is 6.08. The van der Waals surface area contributed by atoms with Crippen LogP contribution in [0.4, 0.5) is 0 Å². The van der Waals surface area contributed by atoms with Gasteiger partial charge in [-0.3, -0.25) is 15.0 Å². The van der Waals surface area contributed by atoms with E-state index in [0.29, 0.717) is 5.92 Å². The zero-order chi connectivity index (χ0) is 20.9. The van der Waals surface area contributed by atoms with Crippen LogP contribution in [0, 0.1) is 5.92 Å². The maximum absolute atomic E-state index is 4.34. The lowest BCUT2D eigenvalue weighted by Gasteiger charge is -2.00. The fourth-order valence-corrected chi connectivity index (χ4v) is 4.85. The van der Waals surface area contributed by atoms with Crippen molar-refractivity contribution in [3.8, 4) is 0 Å². The van der Waals surface area contributed by atoms with E-state index in [1.165, 1.54) is 72.3 Å². The minimum Gasteiger partial charge on any atom is -0.261 e. The van der Waals surface area contributed by atoms with E-state index < -0.39 is 0 Å². The zero-order valence-electron chi connectivity index (χ0n) is 18.5. The first-order valence-corrected chi connectivity index (χ1v) is 11.4. The normalized spacial score (nSPS) is 22.7. The van der Waals surface area contributed by atoms with E-state index in [-0.39, 0.29) is 0 Å². The van der Waals surface area contributed by atoms with Crippen LogP contribution in [0.5, 0.6) is 0 Å². The molecule has 3 heteroatoms. The number of aromatic nitrogens is 3. The van der Waals surface area contributed by atoms with Gasteiger partial charge in [0.25, 0.3) is 0 Å². The van der Waals surface area contributed by atoms with Crippen molar-refractivity contribution in [2.24, 2.45) is 5.92 Å². The average Bonchev–Trinajstić information content (AvgIpc) is 3.46. The molecule has 3 aromatic rings. The van der Waals surface area contributed by atoms with Gasteiger partial charge in [0.2, 0.25) is 0 Å². The molecule has 0 aliphatic heterocycles. The number of nitrogens with zero attached hydrogens (tertiary/aromatic N) is 3. The maximum Gasteiger partial charge on any atom is 0.0463 e. The molecule has 3 aliphatic carbocycles. The van der Waals surface area contributed by atoms with E-state index in [2.05, 4.69) is 53.9 Å². The predicted molar refractivity (Wildman–Crippen MR) is 123 cm³/mol. The molecule has 0 spiro atoms. The van der Waals surface area contributed by atoms with Gasteiger partial charge >= 0.3 is 0 Å². The fourth-order valence-electron chi connectivity index (χ4n) is 4.85. The van der Waals surface area contributed by atoms with Crippen LogP contribution in [0.2, 0.25) is 0 Å². The summed E-state index contributed by atoms with van der Waals surface area (Å²) in [5.74, 6) is 2.24. The summed E-state index contributed by atoms with van der Waals surface area (Å²) in [4.78, 5) is 13.0. The molecule has 30 heavy (non-hydrogen) atoms. The van der Waals surface area contributed by atoms with E-state index in [0.717, 1.165) is 11.8 Å². The van der Waals surface area contributed by atoms with Gasteiger partial charge in [0.1, 0.15) is 0 Å². The molecule has 0 saturated carbocycles. The Morgan fingerprint density at radius 3 is 2.07 bits per heavy atom. The van der Waals surface area contributed by atoms with E-state index in [9.17, 15) is 0 Å². The highest BCUT2D eigenvalue weighted by Crippen LogP contribution is 2.30. The first-order chi connectivity index (χ1) is 14.6. The van der Waals surface area contributed by atoms with E-state index >= 15 is 0 Å². The second kappa shape index (κ2) is 9.51. The van der Waals surface area contributed by atoms with Gasteiger partial charge in [-0.1, -0.05) is 39.0 Å². The highest BCUT2D eigenvalue weighted by molar-refractivity contribution is 5.28. The number of hydrogen-bond donors (Lipinski definition) is 0.